The van der Waals surface area contributed by atoms with E-state index in [1.165, 1.54) is 12.1 Å². The molecular weight excluding hydrogens is 443 g/mol. The average molecular weight is 471 g/mol. The largest absolute Gasteiger partial charge is 0.338 e. The van der Waals surface area contributed by atoms with Crippen LogP contribution in [0.5, 0.6) is 0 Å². The van der Waals surface area contributed by atoms with E-state index >= 15 is 0 Å². The predicted octanol–water partition coefficient (Wildman–Crippen LogP) is 4.10. The van der Waals surface area contributed by atoms with E-state index < -0.39 is 0 Å². The summed E-state index contributed by atoms with van der Waals surface area (Å²) < 4.78 is 15.5. The molecule has 1 aromatic carbocycles. The molecule has 35 heavy (non-hydrogen) atoms. The first-order valence-corrected chi connectivity index (χ1v) is 11.8. The number of likely N-dealkylation sites (tertiary alicyclic amines) is 1. The van der Waals surface area contributed by atoms with Crippen molar-refractivity contribution in [2.24, 2.45) is 13.0 Å². The van der Waals surface area contributed by atoms with Crippen molar-refractivity contribution in [2.75, 3.05) is 13.1 Å². The minimum atomic E-state index is -0.274. The maximum atomic E-state index is 13.5. The lowest BCUT2D eigenvalue weighted by molar-refractivity contribution is 0.0672. The molecule has 1 saturated heterocycles. The summed E-state index contributed by atoms with van der Waals surface area (Å²) in [5.41, 5.74) is 3.85. The third-order valence-corrected chi connectivity index (χ3v) is 6.38. The number of carbonyl (C=O) groups is 1. The van der Waals surface area contributed by atoms with Crippen LogP contribution in [0.15, 0.2) is 67.4 Å². The van der Waals surface area contributed by atoms with Gasteiger partial charge in [-0.3, -0.25) is 14.8 Å². The average Bonchev–Trinajstić information content (AvgIpc) is 3.30. The van der Waals surface area contributed by atoms with Gasteiger partial charge in [0.25, 0.3) is 5.91 Å². The number of hydrogen-bond acceptors (Lipinski definition) is 5. The Morgan fingerprint density at radius 2 is 2.03 bits per heavy atom. The zero-order valence-corrected chi connectivity index (χ0v) is 19.6. The molecule has 7 nitrogen and oxygen atoms in total. The number of amides is 1. The highest BCUT2D eigenvalue weighted by atomic mass is 19.1. The van der Waals surface area contributed by atoms with Crippen LogP contribution in [0.1, 0.15) is 40.2 Å². The summed E-state index contributed by atoms with van der Waals surface area (Å²) in [7, 11) is 1.93. The van der Waals surface area contributed by atoms with Gasteiger partial charge in [-0.25, -0.2) is 14.4 Å². The van der Waals surface area contributed by atoms with E-state index in [4.69, 9.17) is 4.98 Å². The van der Waals surface area contributed by atoms with Crippen LogP contribution >= 0.6 is 0 Å². The number of nitrogens with zero attached hydrogens (tertiary/aromatic N) is 6. The van der Waals surface area contributed by atoms with Gasteiger partial charge in [-0.05, 0) is 55.0 Å². The number of imidazole rings is 1. The fraction of sp³-hybridized carbons (Fsp3) is 0.296. The Bertz CT molecular complexity index is 1340. The Morgan fingerprint density at radius 1 is 1.11 bits per heavy atom. The van der Waals surface area contributed by atoms with Crippen LogP contribution in [0.4, 0.5) is 4.39 Å². The lowest BCUT2D eigenvalue weighted by atomic mass is 9.93. The van der Waals surface area contributed by atoms with Crippen LogP contribution in [0.3, 0.4) is 0 Å². The number of rotatable bonds is 6. The molecule has 1 amide bonds. The molecule has 0 N–H and O–H groups in total. The predicted molar refractivity (Wildman–Crippen MR) is 130 cm³/mol. The quantitative estimate of drug-likeness (QED) is 0.424. The molecular formula is C27H27FN6O. The summed E-state index contributed by atoms with van der Waals surface area (Å²) in [6.07, 6.45) is 12.0. The number of hydrogen-bond donors (Lipinski definition) is 0. The van der Waals surface area contributed by atoms with Gasteiger partial charge in [-0.1, -0.05) is 12.1 Å². The highest BCUT2D eigenvalue weighted by Gasteiger charge is 2.25. The minimum Gasteiger partial charge on any atom is -0.338 e. The van der Waals surface area contributed by atoms with Gasteiger partial charge >= 0.3 is 0 Å². The molecule has 3 aromatic heterocycles. The number of aromatic nitrogens is 5. The number of halogens is 1. The zero-order chi connectivity index (χ0) is 24.2. The zero-order valence-electron chi connectivity index (χ0n) is 19.6. The molecule has 0 spiro atoms. The van der Waals surface area contributed by atoms with Crippen molar-refractivity contribution >= 4 is 5.91 Å². The van der Waals surface area contributed by atoms with Crippen LogP contribution in [-0.2, 0) is 19.9 Å². The number of aryl methyl sites for hydroxylation is 1. The van der Waals surface area contributed by atoms with E-state index in [9.17, 15) is 9.18 Å². The maximum absolute atomic E-state index is 13.5. The van der Waals surface area contributed by atoms with E-state index in [1.54, 1.807) is 36.9 Å². The van der Waals surface area contributed by atoms with Crippen molar-refractivity contribution in [3.8, 4) is 11.5 Å². The third-order valence-electron chi connectivity index (χ3n) is 6.38. The first-order chi connectivity index (χ1) is 17.0. The number of carbonyl (C=O) groups excluding carboxylic acids is 1. The maximum Gasteiger partial charge on any atom is 0.253 e. The Morgan fingerprint density at radius 3 is 2.86 bits per heavy atom. The second-order valence-electron chi connectivity index (χ2n) is 9.06. The van der Waals surface area contributed by atoms with E-state index in [1.807, 2.05) is 34.8 Å². The fourth-order valence-corrected chi connectivity index (χ4v) is 4.68. The summed E-state index contributed by atoms with van der Waals surface area (Å²) in [6, 6.07) is 10.0. The van der Waals surface area contributed by atoms with Gasteiger partial charge in [0.15, 0.2) is 5.82 Å². The van der Waals surface area contributed by atoms with Crippen LogP contribution in [0.2, 0.25) is 0 Å². The topological polar surface area (TPSA) is 76.8 Å². The highest BCUT2D eigenvalue weighted by Crippen LogP contribution is 2.23. The molecule has 5 rings (SSSR count). The number of piperidine rings is 1. The second-order valence-corrected chi connectivity index (χ2v) is 9.06. The summed E-state index contributed by atoms with van der Waals surface area (Å²) in [4.78, 5) is 33.1. The Kier molecular flexibility index (Phi) is 6.61. The van der Waals surface area contributed by atoms with Crippen LogP contribution in [0, 0.1) is 11.7 Å². The molecule has 0 aliphatic carbocycles. The lowest BCUT2D eigenvalue weighted by Gasteiger charge is -2.32. The standard InChI is InChI=1S/C27H27FN6O/c1-33-11-9-31-26(33)25-17-29-16-24(32-25)14-20-5-3-10-34(18-20)27(35)21-7-8-30-23(15-21)13-19-4-2-6-22(28)12-19/h2,4,6-9,11-12,15-17,20H,3,5,10,13-14,18H2,1H3/t20-/m1/s1. The molecule has 8 heteroatoms. The summed E-state index contributed by atoms with van der Waals surface area (Å²) >= 11 is 0. The molecule has 1 aliphatic heterocycles. The second kappa shape index (κ2) is 10.1. The van der Waals surface area contributed by atoms with Gasteiger partial charge in [0.2, 0.25) is 0 Å². The van der Waals surface area contributed by atoms with E-state index in [0.717, 1.165) is 54.3 Å². The number of benzene rings is 1. The summed E-state index contributed by atoms with van der Waals surface area (Å²) in [5.74, 6) is 0.827. The Balaban J connectivity index is 1.26. The minimum absolute atomic E-state index is 0.00503. The molecule has 1 fully saturated rings. The molecule has 0 unspecified atom stereocenters. The summed E-state index contributed by atoms with van der Waals surface area (Å²) in [5, 5.41) is 0. The van der Waals surface area contributed by atoms with Crippen molar-refractivity contribution in [1.29, 1.82) is 0 Å². The third kappa shape index (κ3) is 5.42. The smallest absolute Gasteiger partial charge is 0.253 e. The first kappa shape index (κ1) is 22.8. The molecule has 4 aromatic rings. The van der Waals surface area contributed by atoms with Crippen LogP contribution in [0.25, 0.3) is 11.5 Å². The van der Waals surface area contributed by atoms with E-state index in [0.29, 0.717) is 24.4 Å². The Labute approximate surface area is 203 Å². The lowest BCUT2D eigenvalue weighted by Crippen LogP contribution is -2.40. The van der Waals surface area contributed by atoms with Crippen molar-refractivity contribution in [1.82, 2.24) is 29.4 Å². The molecule has 4 heterocycles. The van der Waals surface area contributed by atoms with Gasteiger partial charge in [0, 0.05) is 62.6 Å². The van der Waals surface area contributed by atoms with Crippen molar-refractivity contribution in [3.05, 3.63) is 95.7 Å². The Hall–Kier alpha value is -3.94. The molecule has 1 atom stereocenters. The van der Waals surface area contributed by atoms with Gasteiger partial charge in [0.05, 0.1) is 11.9 Å². The number of pyridine rings is 1. The molecule has 0 radical (unpaired) electrons. The highest BCUT2D eigenvalue weighted by molar-refractivity contribution is 5.94. The summed E-state index contributed by atoms with van der Waals surface area (Å²) in [6.45, 7) is 1.41. The molecule has 1 aliphatic rings. The van der Waals surface area contributed by atoms with Crippen molar-refractivity contribution in [2.45, 2.75) is 25.7 Å². The van der Waals surface area contributed by atoms with Crippen LogP contribution < -0.4 is 0 Å². The van der Waals surface area contributed by atoms with Crippen molar-refractivity contribution < 1.29 is 9.18 Å². The normalized spacial score (nSPS) is 15.8. The van der Waals surface area contributed by atoms with Gasteiger partial charge < -0.3 is 9.47 Å². The van der Waals surface area contributed by atoms with Gasteiger partial charge in [-0.2, -0.15) is 0 Å². The van der Waals surface area contributed by atoms with E-state index in [-0.39, 0.29) is 11.7 Å². The van der Waals surface area contributed by atoms with Gasteiger partial charge in [0.1, 0.15) is 11.5 Å². The molecule has 178 valence electrons. The monoisotopic (exact) mass is 470 g/mol. The van der Waals surface area contributed by atoms with Gasteiger partial charge in [-0.15, -0.1) is 0 Å². The van der Waals surface area contributed by atoms with E-state index in [2.05, 4.69) is 15.0 Å². The fourth-order valence-electron chi connectivity index (χ4n) is 4.68. The van der Waals surface area contributed by atoms with Crippen LogP contribution in [-0.4, -0.2) is 48.4 Å². The molecule has 0 saturated carbocycles. The van der Waals surface area contributed by atoms with Crippen molar-refractivity contribution in [3.63, 3.8) is 0 Å². The molecule has 0 bridgehead atoms. The first-order valence-electron chi connectivity index (χ1n) is 11.8. The SMILES string of the molecule is Cn1ccnc1-c1cncc(C[C@H]2CCCN(C(=O)c3ccnc(Cc4cccc(F)c4)c3)C2)n1.